The standard InChI is InChI=1S/C30H30BrN3O3/c1-2-36-28-18-22(14-17-27(28)37-20-21-12-15-24(31)16-13-21)19-32-34-29(23-8-4-3-5-9-23)33-26-11-7-6-10-25(26)30(34)35/h6-7,10-19,23H,2-5,8-9,20H2,1H3. The van der Waals surface area contributed by atoms with Crippen molar-refractivity contribution in [2.75, 3.05) is 6.61 Å². The van der Waals surface area contributed by atoms with Gasteiger partial charge in [-0.15, -0.1) is 0 Å². The number of benzene rings is 3. The summed E-state index contributed by atoms with van der Waals surface area (Å²) in [6.45, 7) is 2.88. The minimum Gasteiger partial charge on any atom is -0.490 e. The predicted octanol–water partition coefficient (Wildman–Crippen LogP) is 7.07. The number of nitrogens with zero attached hydrogens (tertiary/aromatic N) is 3. The Morgan fingerprint density at radius 2 is 1.78 bits per heavy atom. The van der Waals surface area contributed by atoms with Crippen LogP contribution < -0.4 is 15.0 Å². The lowest BCUT2D eigenvalue weighted by molar-refractivity contribution is 0.269. The van der Waals surface area contributed by atoms with Gasteiger partial charge in [-0.05, 0) is 73.4 Å². The van der Waals surface area contributed by atoms with Crippen molar-refractivity contribution in [2.45, 2.75) is 51.6 Å². The molecular formula is C30H30BrN3O3. The molecule has 3 aromatic carbocycles. The van der Waals surface area contributed by atoms with E-state index >= 15 is 0 Å². The Kier molecular flexibility index (Phi) is 7.99. The van der Waals surface area contributed by atoms with Crippen molar-refractivity contribution in [2.24, 2.45) is 5.10 Å². The Balaban J connectivity index is 1.45. The molecule has 0 N–H and O–H groups in total. The number of halogens is 1. The molecule has 0 radical (unpaired) electrons. The van der Waals surface area contributed by atoms with Gasteiger partial charge in [0.1, 0.15) is 12.4 Å². The van der Waals surface area contributed by atoms with E-state index in [0.29, 0.717) is 30.1 Å². The van der Waals surface area contributed by atoms with Gasteiger partial charge in [-0.1, -0.05) is 59.5 Å². The fraction of sp³-hybridized carbons (Fsp3) is 0.300. The zero-order valence-corrected chi connectivity index (χ0v) is 22.5. The largest absolute Gasteiger partial charge is 0.490 e. The zero-order valence-electron chi connectivity index (χ0n) is 20.9. The number of rotatable bonds is 8. The lowest BCUT2D eigenvalue weighted by Crippen LogP contribution is -2.25. The van der Waals surface area contributed by atoms with Crippen LogP contribution in [0.1, 0.15) is 61.9 Å². The number of para-hydroxylation sites is 1. The smallest absolute Gasteiger partial charge is 0.282 e. The van der Waals surface area contributed by atoms with Crippen molar-refractivity contribution >= 4 is 33.0 Å². The number of fused-ring (bicyclic) bond motifs is 1. The normalized spacial score (nSPS) is 14.3. The molecule has 5 rings (SSSR count). The van der Waals surface area contributed by atoms with E-state index in [1.54, 1.807) is 6.21 Å². The first-order valence-electron chi connectivity index (χ1n) is 12.8. The van der Waals surface area contributed by atoms with Gasteiger partial charge in [0, 0.05) is 10.4 Å². The maximum Gasteiger partial charge on any atom is 0.282 e. The van der Waals surface area contributed by atoms with Crippen LogP contribution in [0.4, 0.5) is 0 Å². The van der Waals surface area contributed by atoms with Crippen molar-refractivity contribution in [1.82, 2.24) is 9.66 Å². The summed E-state index contributed by atoms with van der Waals surface area (Å²) in [7, 11) is 0. The highest BCUT2D eigenvalue weighted by Gasteiger charge is 2.22. The summed E-state index contributed by atoms with van der Waals surface area (Å²) in [5, 5.41) is 5.22. The highest BCUT2D eigenvalue weighted by Crippen LogP contribution is 2.32. The van der Waals surface area contributed by atoms with Crippen molar-refractivity contribution < 1.29 is 9.47 Å². The van der Waals surface area contributed by atoms with Crippen LogP contribution in [0.15, 0.2) is 81.1 Å². The third-order valence-corrected chi connectivity index (χ3v) is 7.18. The van der Waals surface area contributed by atoms with Gasteiger partial charge in [-0.2, -0.15) is 9.78 Å². The number of ether oxygens (including phenoxy) is 2. The van der Waals surface area contributed by atoms with Gasteiger partial charge in [-0.25, -0.2) is 4.98 Å². The van der Waals surface area contributed by atoms with Crippen LogP contribution in [-0.4, -0.2) is 22.5 Å². The van der Waals surface area contributed by atoms with Crippen LogP contribution in [0.2, 0.25) is 0 Å². The van der Waals surface area contributed by atoms with Gasteiger partial charge in [0.05, 0.1) is 23.7 Å². The molecule has 0 amide bonds. The average Bonchev–Trinajstić information content (AvgIpc) is 2.93. The van der Waals surface area contributed by atoms with E-state index in [4.69, 9.17) is 14.5 Å². The van der Waals surface area contributed by atoms with E-state index in [2.05, 4.69) is 21.0 Å². The van der Waals surface area contributed by atoms with Crippen molar-refractivity contribution in [3.8, 4) is 11.5 Å². The van der Waals surface area contributed by atoms with Gasteiger partial charge in [0.25, 0.3) is 5.56 Å². The monoisotopic (exact) mass is 559 g/mol. The first kappa shape index (κ1) is 25.2. The molecule has 0 unspecified atom stereocenters. The lowest BCUT2D eigenvalue weighted by atomic mass is 9.88. The lowest BCUT2D eigenvalue weighted by Gasteiger charge is -2.22. The molecule has 0 bridgehead atoms. The summed E-state index contributed by atoms with van der Waals surface area (Å²) < 4.78 is 14.4. The molecular weight excluding hydrogens is 530 g/mol. The third kappa shape index (κ3) is 5.93. The molecule has 1 heterocycles. The Bertz CT molecular complexity index is 1460. The number of hydrogen-bond acceptors (Lipinski definition) is 5. The SMILES string of the molecule is CCOc1cc(C=Nn2c(C3CCCCC3)nc3ccccc3c2=O)ccc1OCc1ccc(Br)cc1. The van der Waals surface area contributed by atoms with Gasteiger partial charge in [0.2, 0.25) is 0 Å². The Morgan fingerprint density at radius 3 is 2.57 bits per heavy atom. The third-order valence-electron chi connectivity index (χ3n) is 6.65. The van der Waals surface area contributed by atoms with Gasteiger partial charge in [0.15, 0.2) is 11.5 Å². The molecule has 1 aliphatic rings. The van der Waals surface area contributed by atoms with E-state index in [0.717, 1.165) is 52.6 Å². The maximum atomic E-state index is 13.4. The molecule has 6 nitrogen and oxygen atoms in total. The summed E-state index contributed by atoms with van der Waals surface area (Å²) in [5.41, 5.74) is 2.47. The van der Waals surface area contributed by atoms with E-state index in [9.17, 15) is 4.79 Å². The van der Waals surface area contributed by atoms with Crippen molar-refractivity contribution in [3.63, 3.8) is 0 Å². The molecule has 37 heavy (non-hydrogen) atoms. The Hall–Kier alpha value is -3.45. The quantitative estimate of drug-likeness (QED) is 0.216. The number of hydrogen-bond donors (Lipinski definition) is 0. The van der Waals surface area contributed by atoms with Crippen molar-refractivity contribution in [1.29, 1.82) is 0 Å². The Labute approximate surface area is 225 Å². The second kappa shape index (κ2) is 11.7. The van der Waals surface area contributed by atoms with E-state index in [1.165, 1.54) is 11.1 Å². The summed E-state index contributed by atoms with van der Waals surface area (Å²) >= 11 is 3.46. The van der Waals surface area contributed by atoms with Crippen LogP contribution in [0.25, 0.3) is 10.9 Å². The van der Waals surface area contributed by atoms with Gasteiger partial charge < -0.3 is 9.47 Å². The molecule has 190 valence electrons. The summed E-state index contributed by atoms with van der Waals surface area (Å²) in [5.74, 6) is 2.28. The van der Waals surface area contributed by atoms with Crippen LogP contribution >= 0.6 is 15.9 Å². The van der Waals surface area contributed by atoms with Crippen LogP contribution in [0, 0.1) is 0 Å². The minimum atomic E-state index is -0.137. The van der Waals surface area contributed by atoms with Crippen LogP contribution in [0.3, 0.4) is 0 Å². The fourth-order valence-corrected chi connectivity index (χ4v) is 5.00. The van der Waals surface area contributed by atoms with Crippen LogP contribution in [-0.2, 0) is 6.61 Å². The summed E-state index contributed by atoms with van der Waals surface area (Å²) in [6.07, 6.45) is 7.28. The molecule has 0 saturated heterocycles. The first-order valence-corrected chi connectivity index (χ1v) is 13.6. The zero-order chi connectivity index (χ0) is 25.6. The van der Waals surface area contributed by atoms with Gasteiger partial charge >= 0.3 is 0 Å². The van der Waals surface area contributed by atoms with Crippen molar-refractivity contribution in [3.05, 3.63) is 98.5 Å². The molecule has 0 aliphatic heterocycles. The fourth-order valence-electron chi connectivity index (χ4n) is 4.74. The summed E-state index contributed by atoms with van der Waals surface area (Å²) in [6, 6.07) is 21.2. The van der Waals surface area contributed by atoms with E-state index < -0.39 is 0 Å². The molecule has 1 fully saturated rings. The second-order valence-corrected chi connectivity index (χ2v) is 10.2. The minimum absolute atomic E-state index is 0.137. The topological polar surface area (TPSA) is 65.7 Å². The predicted molar refractivity (Wildman–Crippen MR) is 151 cm³/mol. The van der Waals surface area contributed by atoms with Gasteiger partial charge in [-0.3, -0.25) is 4.79 Å². The molecule has 4 aromatic rings. The highest BCUT2D eigenvalue weighted by atomic mass is 79.9. The summed E-state index contributed by atoms with van der Waals surface area (Å²) in [4.78, 5) is 18.3. The molecule has 1 aromatic heterocycles. The highest BCUT2D eigenvalue weighted by molar-refractivity contribution is 9.10. The second-order valence-electron chi connectivity index (χ2n) is 9.24. The van der Waals surface area contributed by atoms with E-state index in [-0.39, 0.29) is 11.5 Å². The average molecular weight is 560 g/mol. The number of aromatic nitrogens is 2. The molecule has 0 atom stereocenters. The maximum absolute atomic E-state index is 13.4. The molecule has 7 heteroatoms. The Morgan fingerprint density at radius 1 is 1.00 bits per heavy atom. The molecule has 1 saturated carbocycles. The molecule has 1 aliphatic carbocycles. The van der Waals surface area contributed by atoms with Crippen LogP contribution in [0.5, 0.6) is 11.5 Å². The molecule has 0 spiro atoms. The van der Waals surface area contributed by atoms with E-state index in [1.807, 2.05) is 73.7 Å². The first-order chi connectivity index (χ1) is 18.1.